The quantitative estimate of drug-likeness (QED) is 0.912. The summed E-state index contributed by atoms with van der Waals surface area (Å²) < 4.78 is 13.3. The number of fused-ring (bicyclic) bond motifs is 1. The lowest BCUT2D eigenvalue weighted by Crippen LogP contribution is -2.34. The Morgan fingerprint density at radius 1 is 1.19 bits per heavy atom. The summed E-state index contributed by atoms with van der Waals surface area (Å²) in [4.78, 5) is 24.2. The summed E-state index contributed by atoms with van der Waals surface area (Å²) >= 11 is 0. The molecular formula is C19H21N3O4. The van der Waals surface area contributed by atoms with Gasteiger partial charge in [0.05, 0.1) is 0 Å². The van der Waals surface area contributed by atoms with Gasteiger partial charge in [0.2, 0.25) is 0 Å². The minimum Gasteiger partial charge on any atom is -0.448 e. The summed E-state index contributed by atoms with van der Waals surface area (Å²) in [6, 6.07) is 8.15. The van der Waals surface area contributed by atoms with Gasteiger partial charge in [0, 0.05) is 37.2 Å². The fourth-order valence-corrected chi connectivity index (χ4v) is 3.43. The molecule has 0 unspecified atom stereocenters. The smallest absolute Gasteiger partial charge is 0.276 e. The van der Waals surface area contributed by atoms with Gasteiger partial charge in [0.15, 0.2) is 11.5 Å². The number of carbonyl (C=O) groups excluding carboxylic acids is 1. The summed E-state index contributed by atoms with van der Waals surface area (Å²) in [7, 11) is 0. The lowest BCUT2D eigenvalue weighted by molar-refractivity contribution is -0.0716. The largest absolute Gasteiger partial charge is 0.448 e. The number of hydrogen-bond acceptors (Lipinski definition) is 5. The van der Waals surface area contributed by atoms with Gasteiger partial charge in [0.25, 0.3) is 17.3 Å². The first-order valence-corrected chi connectivity index (χ1v) is 9.00. The molecule has 2 aromatic rings. The monoisotopic (exact) mass is 355 g/mol. The second kappa shape index (κ2) is 6.48. The maximum Gasteiger partial charge on any atom is 0.276 e. The number of nitrogens with one attached hydrogen (secondary N) is 1. The van der Waals surface area contributed by atoms with Gasteiger partial charge in [-0.2, -0.15) is 5.10 Å². The Labute approximate surface area is 150 Å². The average Bonchev–Trinajstić information content (AvgIpc) is 3.22. The molecule has 2 aliphatic rings. The summed E-state index contributed by atoms with van der Waals surface area (Å²) in [5.41, 5.74) is 0.582. The summed E-state index contributed by atoms with van der Waals surface area (Å²) in [5, 5.41) is 6.93. The number of amides is 1. The van der Waals surface area contributed by atoms with Crippen LogP contribution in [0.25, 0.3) is 0 Å². The fourth-order valence-electron chi connectivity index (χ4n) is 3.43. The van der Waals surface area contributed by atoms with Gasteiger partial charge >= 0.3 is 0 Å². The first kappa shape index (κ1) is 16.6. The summed E-state index contributed by atoms with van der Waals surface area (Å²) in [6.07, 6.45) is 4.72. The first-order valence-electron chi connectivity index (χ1n) is 9.00. The van der Waals surface area contributed by atoms with Crippen LogP contribution in [0.4, 0.5) is 5.69 Å². The molecule has 1 aliphatic carbocycles. The molecule has 7 heteroatoms. The maximum atomic E-state index is 12.5. The molecule has 1 spiro atoms. The number of rotatable bonds is 4. The molecule has 1 aromatic carbocycles. The van der Waals surface area contributed by atoms with Crippen molar-refractivity contribution < 1.29 is 14.3 Å². The van der Waals surface area contributed by atoms with Crippen molar-refractivity contribution in [3.63, 3.8) is 0 Å². The lowest BCUT2D eigenvalue weighted by Gasteiger charge is -2.21. The molecule has 1 amide bonds. The molecule has 0 bridgehead atoms. The molecule has 0 radical (unpaired) electrons. The Morgan fingerprint density at radius 2 is 1.96 bits per heavy atom. The third kappa shape index (κ3) is 3.05. The highest BCUT2D eigenvalue weighted by atomic mass is 16.7. The van der Waals surface area contributed by atoms with Gasteiger partial charge in [0.1, 0.15) is 5.69 Å². The van der Waals surface area contributed by atoms with Crippen molar-refractivity contribution in [3.05, 3.63) is 46.4 Å². The number of hydrogen-bond donors (Lipinski definition) is 1. The number of carbonyl (C=O) groups is 1. The number of aromatic nitrogens is 2. The van der Waals surface area contributed by atoms with E-state index in [1.165, 1.54) is 16.8 Å². The molecule has 1 aromatic heterocycles. The Kier molecular flexibility index (Phi) is 4.14. The highest BCUT2D eigenvalue weighted by Crippen LogP contribution is 2.47. The predicted molar refractivity (Wildman–Crippen MR) is 95.6 cm³/mol. The van der Waals surface area contributed by atoms with Gasteiger partial charge < -0.3 is 14.8 Å². The van der Waals surface area contributed by atoms with Crippen molar-refractivity contribution in [1.82, 2.24) is 9.78 Å². The third-order valence-corrected chi connectivity index (χ3v) is 4.69. The molecule has 136 valence electrons. The van der Waals surface area contributed by atoms with Crippen LogP contribution in [-0.4, -0.2) is 21.5 Å². The van der Waals surface area contributed by atoms with Gasteiger partial charge in [-0.25, -0.2) is 4.68 Å². The predicted octanol–water partition coefficient (Wildman–Crippen LogP) is 2.95. The van der Waals surface area contributed by atoms with Crippen molar-refractivity contribution in [1.29, 1.82) is 0 Å². The van der Waals surface area contributed by atoms with E-state index in [0.717, 1.165) is 32.1 Å². The molecule has 1 saturated carbocycles. The van der Waals surface area contributed by atoms with E-state index in [4.69, 9.17) is 9.47 Å². The van der Waals surface area contributed by atoms with Crippen molar-refractivity contribution >= 4 is 11.6 Å². The molecule has 0 atom stereocenters. The molecule has 1 N–H and O–H groups in total. The van der Waals surface area contributed by atoms with Crippen LogP contribution in [0.1, 0.15) is 49.5 Å². The van der Waals surface area contributed by atoms with E-state index < -0.39 is 5.79 Å². The molecule has 1 fully saturated rings. The highest BCUT2D eigenvalue weighted by Gasteiger charge is 2.44. The third-order valence-electron chi connectivity index (χ3n) is 4.69. The second-order valence-corrected chi connectivity index (χ2v) is 6.72. The van der Waals surface area contributed by atoms with E-state index in [-0.39, 0.29) is 17.2 Å². The van der Waals surface area contributed by atoms with Gasteiger partial charge in [-0.3, -0.25) is 9.59 Å². The van der Waals surface area contributed by atoms with E-state index in [0.29, 0.717) is 23.7 Å². The van der Waals surface area contributed by atoms with Crippen LogP contribution in [0.2, 0.25) is 0 Å². The number of nitrogens with zero attached hydrogens (tertiary/aromatic N) is 2. The molecule has 7 nitrogen and oxygen atoms in total. The van der Waals surface area contributed by atoms with Crippen LogP contribution in [0.3, 0.4) is 0 Å². The molecule has 4 rings (SSSR count). The van der Waals surface area contributed by atoms with Crippen LogP contribution in [0, 0.1) is 0 Å². The van der Waals surface area contributed by atoms with Gasteiger partial charge in [-0.05, 0) is 37.5 Å². The fraction of sp³-hybridized carbons (Fsp3) is 0.421. The zero-order valence-electron chi connectivity index (χ0n) is 14.7. The molecular weight excluding hydrogens is 334 g/mol. The first-order chi connectivity index (χ1) is 12.6. The van der Waals surface area contributed by atoms with Crippen LogP contribution in [-0.2, 0) is 6.54 Å². The van der Waals surface area contributed by atoms with E-state index in [9.17, 15) is 9.59 Å². The summed E-state index contributed by atoms with van der Waals surface area (Å²) in [6.45, 7) is 2.43. The van der Waals surface area contributed by atoms with Crippen LogP contribution in [0.5, 0.6) is 11.5 Å². The van der Waals surface area contributed by atoms with E-state index in [1.807, 2.05) is 13.0 Å². The summed E-state index contributed by atoms with van der Waals surface area (Å²) in [5.74, 6) is 0.458. The Morgan fingerprint density at radius 3 is 2.73 bits per heavy atom. The standard InChI is InChI=1S/C19H21N3O4/c1-2-11-22-17(23)8-6-14(21-22)18(24)20-13-5-7-15-16(12-13)26-19(25-15)9-3-4-10-19/h5-8,12H,2-4,9-11H2,1H3,(H,20,24). The number of ether oxygens (including phenoxy) is 2. The highest BCUT2D eigenvalue weighted by molar-refractivity contribution is 6.02. The van der Waals surface area contributed by atoms with Crippen molar-refractivity contribution in [3.8, 4) is 11.5 Å². The van der Waals surface area contributed by atoms with E-state index in [2.05, 4.69) is 10.4 Å². The minimum absolute atomic E-state index is 0.197. The Bertz CT molecular complexity index is 900. The molecule has 1 aliphatic heterocycles. The number of anilines is 1. The lowest BCUT2D eigenvalue weighted by atomic mass is 10.2. The minimum atomic E-state index is -0.526. The topological polar surface area (TPSA) is 82.5 Å². The molecule has 26 heavy (non-hydrogen) atoms. The van der Waals surface area contributed by atoms with Gasteiger partial charge in [-0.1, -0.05) is 6.92 Å². The van der Waals surface area contributed by atoms with Crippen LogP contribution >= 0.6 is 0 Å². The van der Waals surface area contributed by atoms with Crippen LogP contribution in [0.15, 0.2) is 35.1 Å². The van der Waals surface area contributed by atoms with E-state index in [1.54, 1.807) is 12.1 Å². The molecule has 0 saturated heterocycles. The zero-order valence-corrected chi connectivity index (χ0v) is 14.7. The maximum absolute atomic E-state index is 12.5. The normalized spacial score (nSPS) is 16.8. The Balaban J connectivity index is 1.51. The van der Waals surface area contributed by atoms with Crippen molar-refractivity contribution in [2.75, 3.05) is 5.32 Å². The second-order valence-electron chi connectivity index (χ2n) is 6.72. The van der Waals surface area contributed by atoms with E-state index >= 15 is 0 Å². The number of aryl methyl sites for hydroxylation is 1. The van der Waals surface area contributed by atoms with Gasteiger partial charge in [-0.15, -0.1) is 0 Å². The Hall–Kier alpha value is -2.83. The average molecular weight is 355 g/mol. The SMILES string of the molecule is CCCn1nc(C(=O)Nc2ccc3c(c2)OC2(CCCC2)O3)ccc1=O. The van der Waals surface area contributed by atoms with Crippen molar-refractivity contribution in [2.45, 2.75) is 51.4 Å². The van der Waals surface area contributed by atoms with Crippen molar-refractivity contribution in [2.24, 2.45) is 0 Å². The number of benzene rings is 1. The van der Waals surface area contributed by atoms with Crippen LogP contribution < -0.4 is 20.3 Å². The zero-order chi connectivity index (χ0) is 18.1. The molecule has 2 heterocycles.